The fourth-order valence-electron chi connectivity index (χ4n) is 6.01. The second-order valence-electron chi connectivity index (χ2n) is 17.7. The topological polar surface area (TPSA) is 111 Å². The lowest BCUT2D eigenvalue weighted by molar-refractivity contribution is -0.870. The van der Waals surface area contributed by atoms with Gasteiger partial charge in [0.2, 0.25) is 0 Å². The maximum atomic E-state index is 12.8. The van der Waals surface area contributed by atoms with Gasteiger partial charge in [0, 0.05) is 6.42 Å². The highest BCUT2D eigenvalue weighted by Gasteiger charge is 2.21. The molecular formula is C62H93NO8. The standard InChI is InChI=1S/C62H93NO8/c1-6-8-10-12-14-16-18-20-22-23-24-25-26-27-28-29-30-31-32-33-34-35-36-37-39-41-43-45-47-49-51-53-60(65)71-58(57-70-62(61(66)67)68-55-54-63(3,4)5)56-69-59(64)52-50-48-46-44-42-40-38-21-19-17-15-13-11-9-7-2/h8-11,14-17,20-22,24-25,27-28,30-31,33-34,36-38,41-44,48,50,58,62H,6-7,12-13,18-19,23,26,29,32,35,39-40,45-47,49,51-57H2,1-5H3/b10-8-,11-9-,16-14-,17-15-,22-20-,25-24-,28-27-,31-30-,34-33-,37-36-,38-21-,43-41-,44-42-,50-48-. The van der Waals surface area contributed by atoms with Crippen LogP contribution in [0.25, 0.3) is 0 Å². The van der Waals surface area contributed by atoms with Gasteiger partial charge in [0.05, 0.1) is 46.7 Å². The van der Waals surface area contributed by atoms with Crippen molar-refractivity contribution in [2.24, 2.45) is 0 Å². The van der Waals surface area contributed by atoms with Gasteiger partial charge in [-0.05, 0) is 109 Å². The van der Waals surface area contributed by atoms with E-state index in [4.69, 9.17) is 18.9 Å². The minimum Gasteiger partial charge on any atom is -0.545 e. The Kier molecular flexibility index (Phi) is 47.2. The van der Waals surface area contributed by atoms with Crippen molar-refractivity contribution in [3.8, 4) is 0 Å². The summed E-state index contributed by atoms with van der Waals surface area (Å²) in [6.07, 6.45) is 74.3. The summed E-state index contributed by atoms with van der Waals surface area (Å²) in [6.45, 7) is 4.31. The monoisotopic (exact) mass is 980 g/mol. The van der Waals surface area contributed by atoms with Crippen molar-refractivity contribution >= 4 is 17.9 Å². The van der Waals surface area contributed by atoms with Gasteiger partial charge in [-0.3, -0.25) is 9.59 Å². The molecule has 0 rings (SSSR count). The Labute approximate surface area is 431 Å². The van der Waals surface area contributed by atoms with Crippen molar-refractivity contribution in [3.63, 3.8) is 0 Å². The quantitative estimate of drug-likeness (QED) is 0.0195. The molecule has 0 aliphatic rings. The molecule has 0 aliphatic heterocycles. The molecule has 0 N–H and O–H groups in total. The molecule has 0 saturated carbocycles. The van der Waals surface area contributed by atoms with E-state index in [0.29, 0.717) is 23.9 Å². The van der Waals surface area contributed by atoms with Crippen LogP contribution in [0.15, 0.2) is 170 Å². The first-order valence-electron chi connectivity index (χ1n) is 26.3. The molecule has 71 heavy (non-hydrogen) atoms. The lowest BCUT2D eigenvalue weighted by Gasteiger charge is -2.26. The van der Waals surface area contributed by atoms with Gasteiger partial charge in [0.25, 0.3) is 0 Å². The van der Waals surface area contributed by atoms with Gasteiger partial charge in [-0.2, -0.15) is 0 Å². The Morgan fingerprint density at radius 3 is 1.17 bits per heavy atom. The molecule has 9 nitrogen and oxygen atoms in total. The third kappa shape index (κ3) is 52.3. The third-order valence-electron chi connectivity index (χ3n) is 9.99. The maximum absolute atomic E-state index is 12.8. The first-order chi connectivity index (χ1) is 34.6. The minimum absolute atomic E-state index is 0.0409. The second kappa shape index (κ2) is 51.0. The Morgan fingerprint density at radius 1 is 0.437 bits per heavy atom. The van der Waals surface area contributed by atoms with E-state index in [-0.39, 0.29) is 32.7 Å². The molecule has 0 radical (unpaired) electrons. The summed E-state index contributed by atoms with van der Waals surface area (Å²) >= 11 is 0. The molecule has 0 spiro atoms. The van der Waals surface area contributed by atoms with Gasteiger partial charge in [0.15, 0.2) is 12.4 Å². The van der Waals surface area contributed by atoms with Crippen molar-refractivity contribution in [1.29, 1.82) is 0 Å². The van der Waals surface area contributed by atoms with Crippen LogP contribution < -0.4 is 5.11 Å². The van der Waals surface area contributed by atoms with E-state index in [2.05, 4.69) is 166 Å². The number of quaternary nitrogens is 1. The number of hydrogen-bond acceptors (Lipinski definition) is 8. The van der Waals surface area contributed by atoms with E-state index in [0.717, 1.165) is 103 Å². The zero-order chi connectivity index (χ0) is 52.0. The van der Waals surface area contributed by atoms with Crippen LogP contribution in [-0.2, 0) is 33.3 Å². The Balaban J connectivity index is 4.49. The van der Waals surface area contributed by atoms with E-state index in [1.165, 1.54) is 0 Å². The van der Waals surface area contributed by atoms with Crippen LogP contribution in [0.4, 0.5) is 0 Å². The molecule has 0 aromatic heterocycles. The highest BCUT2D eigenvalue weighted by Crippen LogP contribution is 2.10. The molecule has 0 bridgehead atoms. The number of nitrogens with zero attached hydrogens (tertiary/aromatic N) is 1. The Morgan fingerprint density at radius 2 is 0.803 bits per heavy atom. The number of hydrogen-bond donors (Lipinski definition) is 0. The summed E-state index contributed by atoms with van der Waals surface area (Å²) in [5.41, 5.74) is 0. The zero-order valence-electron chi connectivity index (χ0n) is 44.5. The van der Waals surface area contributed by atoms with Crippen LogP contribution in [-0.4, -0.2) is 82.3 Å². The van der Waals surface area contributed by atoms with Crippen molar-refractivity contribution in [3.05, 3.63) is 170 Å². The van der Waals surface area contributed by atoms with Gasteiger partial charge >= 0.3 is 11.9 Å². The number of carbonyl (C=O) groups excluding carboxylic acids is 3. The average molecular weight is 980 g/mol. The minimum atomic E-state index is -1.66. The third-order valence-corrected chi connectivity index (χ3v) is 9.99. The van der Waals surface area contributed by atoms with Gasteiger partial charge < -0.3 is 33.3 Å². The number of ether oxygens (including phenoxy) is 4. The van der Waals surface area contributed by atoms with Gasteiger partial charge in [-0.15, -0.1) is 0 Å². The predicted octanol–water partition coefficient (Wildman–Crippen LogP) is 13.9. The van der Waals surface area contributed by atoms with Crippen LogP contribution in [0.5, 0.6) is 0 Å². The van der Waals surface area contributed by atoms with Gasteiger partial charge in [0.1, 0.15) is 13.2 Å². The SMILES string of the molecule is CC/C=C\C/C=C\C/C=C\C/C=C\C/C=C\C/C=C\C/C=C\C/C=C\C/C=C\CCCCCC(=O)OC(COC(=O)C/C=C\C/C=C\C/C=C\C/C=C\C/C=C\CC)COC(OCC[N+](C)(C)C)C(=O)[O-]. The van der Waals surface area contributed by atoms with Crippen LogP contribution in [0.3, 0.4) is 0 Å². The first-order valence-corrected chi connectivity index (χ1v) is 26.3. The number of rotatable bonds is 45. The van der Waals surface area contributed by atoms with E-state index in [1.54, 1.807) is 6.08 Å². The number of aliphatic carboxylic acids is 1. The lowest BCUT2D eigenvalue weighted by Crippen LogP contribution is -2.44. The molecule has 0 heterocycles. The molecule has 2 unspecified atom stereocenters. The first kappa shape index (κ1) is 65.7. The number of likely N-dealkylation sites (N-methyl/N-ethyl adjacent to an activating group) is 1. The fourth-order valence-corrected chi connectivity index (χ4v) is 6.01. The van der Waals surface area contributed by atoms with Gasteiger partial charge in [-0.25, -0.2) is 0 Å². The molecule has 0 amide bonds. The second-order valence-corrected chi connectivity index (χ2v) is 17.7. The van der Waals surface area contributed by atoms with Crippen LogP contribution in [0.2, 0.25) is 0 Å². The van der Waals surface area contributed by atoms with E-state index < -0.39 is 30.3 Å². The molecule has 0 saturated heterocycles. The molecule has 2 atom stereocenters. The summed E-state index contributed by atoms with van der Waals surface area (Å²) in [4.78, 5) is 37.1. The maximum Gasteiger partial charge on any atom is 0.309 e. The fraction of sp³-hybridized carbons (Fsp3) is 0.500. The number of carboxylic acids is 1. The molecule has 0 aliphatic carbocycles. The average Bonchev–Trinajstić information content (AvgIpc) is 3.34. The highest BCUT2D eigenvalue weighted by atomic mass is 16.7. The van der Waals surface area contributed by atoms with Crippen molar-refractivity contribution < 1.29 is 42.9 Å². The molecule has 0 aromatic rings. The largest absolute Gasteiger partial charge is 0.545 e. The summed E-state index contributed by atoms with van der Waals surface area (Å²) in [5.74, 6) is -2.52. The molecule has 0 aromatic carbocycles. The predicted molar refractivity (Wildman–Crippen MR) is 296 cm³/mol. The zero-order valence-corrected chi connectivity index (χ0v) is 44.5. The van der Waals surface area contributed by atoms with Crippen molar-refractivity contribution in [2.75, 3.05) is 47.5 Å². The van der Waals surface area contributed by atoms with Crippen molar-refractivity contribution in [2.45, 2.75) is 155 Å². The van der Waals surface area contributed by atoms with E-state index in [1.807, 2.05) is 33.3 Å². The van der Waals surface area contributed by atoms with Crippen LogP contribution in [0, 0.1) is 0 Å². The van der Waals surface area contributed by atoms with Crippen LogP contribution in [0.1, 0.15) is 142 Å². The molecular weight excluding hydrogens is 887 g/mol. The number of allylic oxidation sites excluding steroid dienone is 27. The molecule has 394 valence electrons. The van der Waals surface area contributed by atoms with Crippen LogP contribution >= 0.6 is 0 Å². The normalized spacial score (nSPS) is 14.2. The van der Waals surface area contributed by atoms with E-state index in [9.17, 15) is 19.5 Å². The number of unbranched alkanes of at least 4 members (excludes halogenated alkanes) is 3. The lowest BCUT2D eigenvalue weighted by atomic mass is 10.1. The molecule has 9 heteroatoms. The summed E-state index contributed by atoms with van der Waals surface area (Å²) in [5, 5.41) is 11.7. The summed E-state index contributed by atoms with van der Waals surface area (Å²) in [7, 11) is 5.86. The smallest absolute Gasteiger partial charge is 0.309 e. The number of esters is 2. The Hall–Kier alpha value is -5.35. The highest BCUT2D eigenvalue weighted by molar-refractivity contribution is 5.71. The number of carbonyl (C=O) groups is 3. The molecule has 0 fully saturated rings. The van der Waals surface area contributed by atoms with Crippen molar-refractivity contribution in [1.82, 2.24) is 0 Å². The Bertz CT molecular complexity index is 1760. The summed E-state index contributed by atoms with van der Waals surface area (Å²) in [6, 6.07) is 0. The van der Waals surface area contributed by atoms with E-state index >= 15 is 0 Å². The van der Waals surface area contributed by atoms with Gasteiger partial charge in [-0.1, -0.05) is 190 Å². The number of carboxylic acid groups (broad SMARTS) is 1. The summed E-state index contributed by atoms with van der Waals surface area (Å²) < 4.78 is 22.4.